The molecule has 0 aliphatic heterocycles. The van der Waals surface area contributed by atoms with Crippen molar-refractivity contribution >= 4 is 95.0 Å². The maximum atomic E-state index is 12.4. The summed E-state index contributed by atoms with van der Waals surface area (Å²) in [5.41, 5.74) is 5.46. The van der Waals surface area contributed by atoms with Crippen LogP contribution in [-0.4, -0.2) is 46.2 Å². The first-order valence-electron chi connectivity index (χ1n) is 12.8. The SMILES string of the molecule is CS(=O)(=O)c1cccc(S(=O)(=O)c2ccc(CN)s2)c1.[C-]#[N+]c1ccc(Cl)s1.[C-]#[N+]c1ccc(S(=O)(=O)c2cccc(S(C)(=O)=O)c2)s1. The molecule has 252 valence electrons. The van der Waals surface area contributed by atoms with Crippen LogP contribution in [-0.2, 0) is 45.9 Å². The Hall–Kier alpha value is -3.43. The van der Waals surface area contributed by atoms with Crippen molar-refractivity contribution in [1.82, 2.24) is 0 Å². The van der Waals surface area contributed by atoms with Crippen molar-refractivity contribution < 1.29 is 33.7 Å². The Morgan fingerprint density at radius 2 is 1.02 bits per heavy atom. The van der Waals surface area contributed by atoms with Gasteiger partial charge >= 0.3 is 0 Å². The van der Waals surface area contributed by atoms with E-state index in [0.717, 1.165) is 46.1 Å². The van der Waals surface area contributed by atoms with Crippen LogP contribution in [0.3, 0.4) is 0 Å². The van der Waals surface area contributed by atoms with Crippen molar-refractivity contribution in [3.05, 3.63) is 117 Å². The van der Waals surface area contributed by atoms with Crippen molar-refractivity contribution in [2.45, 2.75) is 34.5 Å². The molecule has 48 heavy (non-hydrogen) atoms. The lowest BCUT2D eigenvalue weighted by atomic mass is 10.4. The summed E-state index contributed by atoms with van der Waals surface area (Å²) in [7, 11) is -14.4. The highest BCUT2D eigenvalue weighted by Gasteiger charge is 2.23. The Morgan fingerprint density at radius 3 is 1.38 bits per heavy atom. The summed E-state index contributed by atoms with van der Waals surface area (Å²) >= 11 is 8.76. The van der Waals surface area contributed by atoms with Crippen LogP contribution in [0.2, 0.25) is 4.34 Å². The molecule has 2 N–H and O–H groups in total. The number of nitrogens with zero attached hydrogens (tertiary/aromatic N) is 2. The fourth-order valence-electron chi connectivity index (χ4n) is 3.47. The van der Waals surface area contributed by atoms with Gasteiger partial charge in [-0.15, -0.1) is 34.0 Å². The van der Waals surface area contributed by atoms with Gasteiger partial charge in [-0.2, -0.15) is 0 Å². The summed E-state index contributed by atoms with van der Waals surface area (Å²) in [5, 5.41) is 0.915. The summed E-state index contributed by atoms with van der Waals surface area (Å²) in [6, 6.07) is 19.9. The number of nitrogens with two attached hydrogens (primary N) is 1. The van der Waals surface area contributed by atoms with E-state index in [1.165, 1.54) is 72.0 Å². The average Bonchev–Trinajstić information content (AvgIpc) is 3.82. The second-order valence-electron chi connectivity index (χ2n) is 9.32. The predicted octanol–water partition coefficient (Wildman–Crippen LogP) is 6.93. The predicted molar refractivity (Wildman–Crippen MR) is 188 cm³/mol. The molecular formula is C29H24ClN3O8S7. The second kappa shape index (κ2) is 15.9. The van der Waals surface area contributed by atoms with Crippen molar-refractivity contribution in [2.24, 2.45) is 5.73 Å². The summed E-state index contributed by atoms with van der Waals surface area (Å²) in [5.74, 6) is 0. The van der Waals surface area contributed by atoms with Crippen molar-refractivity contribution in [2.75, 3.05) is 12.5 Å². The zero-order valence-corrected chi connectivity index (χ0v) is 31.2. The summed E-state index contributed by atoms with van der Waals surface area (Å²) in [6.45, 7) is 13.6. The van der Waals surface area contributed by atoms with E-state index >= 15 is 0 Å². The normalized spacial score (nSPS) is 11.6. The molecule has 0 aliphatic rings. The van der Waals surface area contributed by atoms with Crippen LogP contribution >= 0.6 is 45.6 Å². The summed E-state index contributed by atoms with van der Waals surface area (Å²) < 4.78 is 96.3. The Balaban J connectivity index is 0.000000212. The quantitative estimate of drug-likeness (QED) is 0.171. The minimum atomic E-state index is -3.80. The topological polar surface area (TPSA) is 171 Å². The van der Waals surface area contributed by atoms with E-state index < -0.39 is 39.3 Å². The highest BCUT2D eigenvalue weighted by Crippen LogP contribution is 2.33. The molecule has 0 atom stereocenters. The van der Waals surface area contributed by atoms with Crippen LogP contribution in [0.1, 0.15) is 4.88 Å². The van der Waals surface area contributed by atoms with Gasteiger partial charge in [0.15, 0.2) is 19.7 Å². The number of rotatable bonds is 7. The van der Waals surface area contributed by atoms with Crippen LogP contribution in [0.25, 0.3) is 9.69 Å². The Kier molecular flexibility index (Phi) is 12.9. The molecule has 0 spiro atoms. The van der Waals surface area contributed by atoms with Crippen LogP contribution in [0.4, 0.5) is 10.0 Å². The fraction of sp³-hybridized carbons (Fsp3) is 0.103. The molecule has 0 fully saturated rings. The molecule has 11 nitrogen and oxygen atoms in total. The van der Waals surface area contributed by atoms with Gasteiger partial charge in [-0.3, -0.25) is 0 Å². The van der Waals surface area contributed by atoms with Gasteiger partial charge in [0, 0.05) is 23.9 Å². The number of sulfone groups is 4. The maximum Gasteiger partial charge on any atom is 0.242 e. The molecule has 0 unspecified atom stereocenters. The molecule has 0 bridgehead atoms. The van der Waals surface area contributed by atoms with Gasteiger partial charge in [0.05, 0.1) is 37.1 Å². The Morgan fingerprint density at radius 1 is 0.604 bits per heavy atom. The standard InChI is InChI=1S/C12H9NO4S3.C12H13NO4S3.C5H2ClNS/c1-13-11-6-7-12(18-11)20(16,17)10-5-3-4-9(8-10)19(2,14)15;1-19(14,15)10-3-2-4-11(7-10)20(16,17)12-6-5-9(8-13)18-12;1-7-5-3-2-4(6)8-5/h3-8H,2H3;2-7H,8,13H2,1H3;2-3H. The molecule has 0 aliphatic carbocycles. The van der Waals surface area contributed by atoms with Crippen LogP contribution < -0.4 is 5.73 Å². The molecule has 3 heterocycles. The van der Waals surface area contributed by atoms with Crippen LogP contribution in [0.15, 0.2) is 113 Å². The maximum absolute atomic E-state index is 12.4. The molecule has 0 saturated heterocycles. The van der Waals surface area contributed by atoms with Gasteiger partial charge in [-0.1, -0.05) is 23.7 Å². The van der Waals surface area contributed by atoms with Crippen LogP contribution in [0, 0.1) is 13.1 Å². The van der Waals surface area contributed by atoms with E-state index in [2.05, 4.69) is 9.69 Å². The van der Waals surface area contributed by atoms with Gasteiger partial charge in [-0.25, -0.2) is 43.4 Å². The summed E-state index contributed by atoms with van der Waals surface area (Å²) in [6.07, 6.45) is 2.05. The number of thiophene rings is 3. The molecule has 0 saturated carbocycles. The van der Waals surface area contributed by atoms with E-state index in [0.29, 0.717) is 9.34 Å². The van der Waals surface area contributed by atoms with E-state index in [-0.39, 0.29) is 39.5 Å². The smallest absolute Gasteiger partial charge is 0.242 e. The van der Waals surface area contributed by atoms with Crippen molar-refractivity contribution in [1.29, 1.82) is 0 Å². The van der Waals surface area contributed by atoms with Gasteiger partial charge in [0.2, 0.25) is 29.7 Å². The zero-order chi connectivity index (χ0) is 35.9. The first-order valence-corrected chi connectivity index (χ1v) is 22.4. The fourth-order valence-corrected chi connectivity index (χ4v) is 11.0. The van der Waals surface area contributed by atoms with Crippen molar-refractivity contribution in [3.63, 3.8) is 0 Å². The number of hydrogen-bond donors (Lipinski definition) is 1. The van der Waals surface area contributed by atoms with E-state index in [9.17, 15) is 33.7 Å². The first kappa shape index (κ1) is 39.0. The van der Waals surface area contributed by atoms with E-state index in [1.807, 2.05) is 0 Å². The minimum Gasteiger partial charge on any atom is -0.326 e. The lowest BCUT2D eigenvalue weighted by Gasteiger charge is -2.04. The third kappa shape index (κ3) is 10.0. The molecule has 3 aromatic heterocycles. The number of benzene rings is 2. The van der Waals surface area contributed by atoms with Gasteiger partial charge < -0.3 is 5.73 Å². The lowest BCUT2D eigenvalue weighted by molar-refractivity contribution is 0.594. The Bertz CT molecular complexity index is 2470. The number of hydrogen-bond acceptors (Lipinski definition) is 12. The molecule has 19 heteroatoms. The highest BCUT2D eigenvalue weighted by molar-refractivity contribution is 7.94. The van der Waals surface area contributed by atoms with E-state index in [4.69, 9.17) is 30.5 Å². The molecule has 0 amide bonds. The second-order valence-corrected chi connectivity index (χ2v) is 21.6. The van der Waals surface area contributed by atoms with Gasteiger partial charge in [-0.05, 0) is 72.8 Å². The van der Waals surface area contributed by atoms with E-state index in [1.54, 1.807) is 18.2 Å². The Labute approximate surface area is 296 Å². The number of halogens is 1. The molecule has 0 radical (unpaired) electrons. The third-order valence-electron chi connectivity index (χ3n) is 5.80. The molecule has 2 aromatic carbocycles. The largest absolute Gasteiger partial charge is 0.326 e. The van der Waals surface area contributed by atoms with Crippen LogP contribution in [0.5, 0.6) is 0 Å². The van der Waals surface area contributed by atoms with Crippen molar-refractivity contribution in [3.8, 4) is 0 Å². The first-order chi connectivity index (χ1) is 22.3. The highest BCUT2D eigenvalue weighted by atomic mass is 35.5. The lowest BCUT2D eigenvalue weighted by Crippen LogP contribution is -2.03. The monoisotopic (exact) mass is 801 g/mol. The minimum absolute atomic E-state index is 0.0193. The molecule has 5 rings (SSSR count). The van der Waals surface area contributed by atoms with Gasteiger partial charge in [0.25, 0.3) is 0 Å². The molecular weight excluding hydrogens is 778 g/mol. The zero-order valence-electron chi connectivity index (χ0n) is 24.8. The third-order valence-corrected chi connectivity index (χ3v) is 15.7. The average molecular weight is 802 g/mol. The van der Waals surface area contributed by atoms with Gasteiger partial charge in [0.1, 0.15) is 8.42 Å². The summed E-state index contributed by atoms with van der Waals surface area (Å²) in [4.78, 5) is 6.88. The molecule has 5 aromatic rings.